The van der Waals surface area contributed by atoms with E-state index in [0.29, 0.717) is 0 Å². The van der Waals surface area contributed by atoms with Crippen molar-refractivity contribution in [1.82, 2.24) is 4.90 Å². The van der Waals surface area contributed by atoms with E-state index in [1.54, 1.807) is 0 Å². The highest BCUT2D eigenvalue weighted by molar-refractivity contribution is 4.77. The Labute approximate surface area is 64.4 Å². The van der Waals surface area contributed by atoms with Crippen LogP contribution in [-0.4, -0.2) is 17.5 Å². The molecular formula is C9H18N. The van der Waals surface area contributed by atoms with E-state index >= 15 is 0 Å². The molecule has 1 saturated heterocycles. The highest BCUT2D eigenvalue weighted by atomic mass is 15.1. The Hall–Kier alpha value is -0.0400. The van der Waals surface area contributed by atoms with Gasteiger partial charge in [0.15, 0.2) is 0 Å². The molecule has 0 aromatic heterocycles. The minimum Gasteiger partial charge on any atom is -0.296 e. The van der Waals surface area contributed by atoms with Gasteiger partial charge in [0.2, 0.25) is 0 Å². The van der Waals surface area contributed by atoms with E-state index in [9.17, 15) is 0 Å². The average molecular weight is 140 g/mol. The lowest BCUT2D eigenvalue weighted by Gasteiger charge is -2.32. The standard InChI is InChI=1S/C9H18N/c1-3-7-10-8-5-4-6-9(10)2/h7,9H,3-6,8H2,1-2H3. The molecule has 1 rings (SSSR count). The van der Waals surface area contributed by atoms with Crippen LogP contribution in [-0.2, 0) is 0 Å². The molecule has 1 fully saturated rings. The molecule has 0 spiro atoms. The van der Waals surface area contributed by atoms with Gasteiger partial charge in [-0.3, -0.25) is 4.90 Å². The molecular weight excluding hydrogens is 122 g/mol. The smallest absolute Gasteiger partial charge is 0.0251 e. The monoisotopic (exact) mass is 140 g/mol. The summed E-state index contributed by atoms with van der Waals surface area (Å²) in [4.78, 5) is 2.49. The van der Waals surface area contributed by atoms with E-state index in [1.807, 2.05) is 0 Å². The fourth-order valence-electron chi connectivity index (χ4n) is 1.63. The Morgan fingerprint density at radius 3 is 2.90 bits per heavy atom. The third-order valence-corrected chi connectivity index (χ3v) is 2.27. The number of piperidine rings is 1. The van der Waals surface area contributed by atoms with Crippen molar-refractivity contribution in [1.29, 1.82) is 0 Å². The second-order valence-electron chi connectivity index (χ2n) is 3.17. The molecule has 0 N–H and O–H groups in total. The van der Waals surface area contributed by atoms with Crippen molar-refractivity contribution in [2.24, 2.45) is 0 Å². The van der Waals surface area contributed by atoms with Gasteiger partial charge in [0.05, 0.1) is 0 Å². The molecule has 0 aliphatic carbocycles. The lowest BCUT2D eigenvalue weighted by molar-refractivity contribution is 0.198. The van der Waals surface area contributed by atoms with Gasteiger partial charge in [-0.05, 0) is 32.7 Å². The van der Waals surface area contributed by atoms with Gasteiger partial charge in [0, 0.05) is 12.6 Å². The summed E-state index contributed by atoms with van der Waals surface area (Å²) in [7, 11) is 0. The molecule has 1 heterocycles. The van der Waals surface area contributed by atoms with Gasteiger partial charge in [0.1, 0.15) is 0 Å². The zero-order valence-electron chi connectivity index (χ0n) is 7.14. The van der Waals surface area contributed by atoms with Crippen LogP contribution in [0.4, 0.5) is 0 Å². The first-order chi connectivity index (χ1) is 4.84. The third-order valence-electron chi connectivity index (χ3n) is 2.27. The summed E-state index contributed by atoms with van der Waals surface area (Å²) in [6, 6.07) is 0.800. The highest BCUT2D eigenvalue weighted by Crippen LogP contribution is 2.17. The Kier molecular flexibility index (Phi) is 3.20. The number of nitrogens with zero attached hydrogens (tertiary/aromatic N) is 1. The average Bonchev–Trinajstić information content (AvgIpc) is 1.94. The Bertz CT molecular complexity index is 88.7. The van der Waals surface area contributed by atoms with Crippen molar-refractivity contribution < 1.29 is 0 Å². The van der Waals surface area contributed by atoms with Crippen LogP contribution in [0.2, 0.25) is 0 Å². The van der Waals surface area contributed by atoms with E-state index in [-0.39, 0.29) is 0 Å². The molecule has 1 aliphatic rings. The number of likely N-dealkylation sites (tertiary alicyclic amines) is 1. The van der Waals surface area contributed by atoms with Crippen LogP contribution in [0.5, 0.6) is 0 Å². The third kappa shape index (κ3) is 1.98. The molecule has 0 aromatic carbocycles. The predicted molar refractivity (Wildman–Crippen MR) is 44.6 cm³/mol. The second kappa shape index (κ2) is 3.97. The quantitative estimate of drug-likeness (QED) is 0.569. The van der Waals surface area contributed by atoms with Gasteiger partial charge >= 0.3 is 0 Å². The van der Waals surface area contributed by atoms with Gasteiger partial charge in [0.25, 0.3) is 0 Å². The van der Waals surface area contributed by atoms with Crippen molar-refractivity contribution in [3.63, 3.8) is 0 Å². The van der Waals surface area contributed by atoms with Crippen molar-refractivity contribution >= 4 is 0 Å². The lowest BCUT2D eigenvalue weighted by Crippen LogP contribution is -2.34. The molecule has 1 unspecified atom stereocenters. The van der Waals surface area contributed by atoms with Crippen molar-refractivity contribution in [3.05, 3.63) is 6.54 Å². The highest BCUT2D eigenvalue weighted by Gasteiger charge is 2.16. The normalized spacial score (nSPS) is 28.8. The Morgan fingerprint density at radius 1 is 1.50 bits per heavy atom. The topological polar surface area (TPSA) is 3.24 Å². The maximum absolute atomic E-state index is 2.49. The molecule has 1 atom stereocenters. The maximum Gasteiger partial charge on any atom is 0.0251 e. The minimum atomic E-state index is 0.800. The summed E-state index contributed by atoms with van der Waals surface area (Å²) in [5, 5.41) is 0. The molecule has 10 heavy (non-hydrogen) atoms. The fraction of sp³-hybridized carbons (Fsp3) is 0.889. The molecule has 1 aliphatic heterocycles. The maximum atomic E-state index is 2.49. The van der Waals surface area contributed by atoms with Gasteiger partial charge < -0.3 is 0 Å². The largest absolute Gasteiger partial charge is 0.296 e. The summed E-state index contributed by atoms with van der Waals surface area (Å²) in [6.07, 6.45) is 5.39. The van der Waals surface area contributed by atoms with Crippen LogP contribution in [0.25, 0.3) is 0 Å². The molecule has 1 heteroatoms. The van der Waals surface area contributed by atoms with Crippen molar-refractivity contribution in [2.45, 2.75) is 45.6 Å². The fourth-order valence-corrected chi connectivity index (χ4v) is 1.63. The van der Waals surface area contributed by atoms with E-state index in [4.69, 9.17) is 0 Å². The van der Waals surface area contributed by atoms with Crippen LogP contribution in [0.1, 0.15) is 39.5 Å². The first-order valence-electron chi connectivity index (χ1n) is 4.43. The van der Waals surface area contributed by atoms with Crippen LogP contribution in [0.3, 0.4) is 0 Å². The van der Waals surface area contributed by atoms with Crippen molar-refractivity contribution in [3.8, 4) is 0 Å². The van der Waals surface area contributed by atoms with Gasteiger partial charge in [-0.15, -0.1) is 0 Å². The zero-order valence-corrected chi connectivity index (χ0v) is 7.14. The first kappa shape index (κ1) is 8.06. The summed E-state index contributed by atoms with van der Waals surface area (Å²) in [5.41, 5.74) is 0. The van der Waals surface area contributed by atoms with Gasteiger partial charge in [-0.1, -0.05) is 13.3 Å². The zero-order chi connectivity index (χ0) is 7.40. The Morgan fingerprint density at radius 2 is 2.30 bits per heavy atom. The van der Waals surface area contributed by atoms with Gasteiger partial charge in [-0.25, -0.2) is 0 Å². The van der Waals surface area contributed by atoms with Crippen LogP contribution in [0.15, 0.2) is 0 Å². The van der Waals surface area contributed by atoms with E-state index in [0.717, 1.165) is 6.04 Å². The molecule has 0 aromatic rings. The first-order valence-corrected chi connectivity index (χ1v) is 4.43. The van der Waals surface area contributed by atoms with Crippen LogP contribution in [0, 0.1) is 6.54 Å². The van der Waals surface area contributed by atoms with Gasteiger partial charge in [-0.2, -0.15) is 0 Å². The minimum absolute atomic E-state index is 0.800. The number of hydrogen-bond acceptors (Lipinski definition) is 1. The second-order valence-corrected chi connectivity index (χ2v) is 3.17. The van der Waals surface area contributed by atoms with Crippen molar-refractivity contribution in [2.75, 3.05) is 6.54 Å². The molecule has 59 valence electrons. The summed E-state index contributed by atoms with van der Waals surface area (Å²) in [6.45, 7) is 8.16. The van der Waals surface area contributed by atoms with Crippen LogP contribution >= 0.6 is 0 Å². The predicted octanol–water partition coefficient (Wildman–Crippen LogP) is 2.43. The molecule has 0 bridgehead atoms. The van der Waals surface area contributed by atoms with E-state index in [2.05, 4.69) is 25.3 Å². The number of rotatable bonds is 2. The SMILES string of the molecule is CC[CH]N1CCCCC1C. The summed E-state index contributed by atoms with van der Waals surface area (Å²) < 4.78 is 0. The molecule has 0 saturated carbocycles. The van der Waals surface area contributed by atoms with E-state index in [1.165, 1.54) is 32.2 Å². The number of hydrogen-bond donors (Lipinski definition) is 0. The van der Waals surface area contributed by atoms with Crippen LogP contribution < -0.4 is 0 Å². The molecule has 1 nitrogen and oxygen atoms in total. The summed E-state index contributed by atoms with van der Waals surface area (Å²) in [5.74, 6) is 0. The Balaban J connectivity index is 2.25. The summed E-state index contributed by atoms with van der Waals surface area (Å²) >= 11 is 0. The van der Waals surface area contributed by atoms with E-state index < -0.39 is 0 Å². The molecule has 0 amide bonds. The molecule has 1 radical (unpaired) electrons. The lowest BCUT2D eigenvalue weighted by atomic mass is 10.0.